The lowest BCUT2D eigenvalue weighted by Gasteiger charge is -2.41. The smallest absolute Gasteiger partial charge is 0.407 e. The number of carbonyl (C=O) groups excluding carboxylic acids is 3. The average Bonchev–Trinajstić information content (AvgIpc) is 3.53. The maximum atomic E-state index is 14.3. The zero-order valence-corrected chi connectivity index (χ0v) is 34.8. The van der Waals surface area contributed by atoms with Gasteiger partial charge in [-0.25, -0.2) is 19.6 Å². The van der Waals surface area contributed by atoms with Crippen LogP contribution in [0.25, 0.3) is 11.3 Å². The molecule has 2 fully saturated rings. The third kappa shape index (κ3) is 11.4. The van der Waals surface area contributed by atoms with Crippen molar-refractivity contribution < 1.29 is 43.0 Å². The molecule has 0 unspecified atom stereocenters. The van der Waals surface area contributed by atoms with Crippen molar-refractivity contribution in [3.05, 3.63) is 36.3 Å². The Hall–Kier alpha value is -3.79. The number of pyridine rings is 1. The molecule has 2 aromatic rings. The highest BCUT2D eigenvalue weighted by molar-refractivity contribution is 5.99. The summed E-state index contributed by atoms with van der Waals surface area (Å²) in [5.74, 6) is -4.34. The number of nitrogens with zero attached hydrogens (tertiary/aromatic N) is 6. The van der Waals surface area contributed by atoms with Gasteiger partial charge in [-0.05, 0) is 85.5 Å². The topological polar surface area (TPSA) is 157 Å². The van der Waals surface area contributed by atoms with Crippen LogP contribution in [0.5, 0.6) is 0 Å². The number of hydrogen-bond acceptors (Lipinski definition) is 11. The number of Topliss-reactive ketones (excluding diaryl/α,β-unsaturated/α-hetero) is 2. The predicted octanol–water partition coefficient (Wildman–Crippen LogP) is 5.86. The fourth-order valence-corrected chi connectivity index (χ4v) is 8.16. The molecule has 2 saturated heterocycles. The highest BCUT2D eigenvalue weighted by Gasteiger charge is 2.42. The van der Waals surface area contributed by atoms with Crippen LogP contribution in [-0.2, 0) is 35.2 Å². The molecule has 2 aliphatic rings. The molecule has 4 rings (SSSR count). The number of rotatable bonds is 11. The predicted molar refractivity (Wildman–Crippen MR) is 208 cm³/mol. The molecule has 4 heterocycles. The number of carbonyl (C=O) groups is 4. The Balaban J connectivity index is 1.55. The van der Waals surface area contributed by atoms with Crippen molar-refractivity contribution in [1.82, 2.24) is 29.4 Å². The minimum absolute atomic E-state index is 0.0497. The first kappa shape index (κ1) is 44.9. The van der Waals surface area contributed by atoms with Gasteiger partial charge in [0.1, 0.15) is 17.5 Å². The Morgan fingerprint density at radius 3 is 2.36 bits per heavy atom. The van der Waals surface area contributed by atoms with E-state index >= 15 is 0 Å². The summed E-state index contributed by atoms with van der Waals surface area (Å²) in [7, 11) is 4.04. The van der Waals surface area contributed by atoms with Crippen molar-refractivity contribution in [2.45, 2.75) is 125 Å². The van der Waals surface area contributed by atoms with Crippen LogP contribution in [0.2, 0.25) is 0 Å². The van der Waals surface area contributed by atoms with E-state index in [-0.39, 0.29) is 49.3 Å². The van der Waals surface area contributed by atoms with E-state index in [0.717, 1.165) is 12.2 Å². The molecule has 2 aromatic heterocycles. The van der Waals surface area contributed by atoms with Gasteiger partial charge in [0.05, 0.1) is 30.5 Å². The van der Waals surface area contributed by atoms with Crippen LogP contribution >= 0.6 is 0 Å². The van der Waals surface area contributed by atoms with Gasteiger partial charge in [-0.2, -0.15) is 4.39 Å². The highest BCUT2D eigenvalue weighted by Crippen LogP contribution is 2.33. The van der Waals surface area contributed by atoms with Gasteiger partial charge in [-0.1, -0.05) is 27.7 Å². The summed E-state index contributed by atoms with van der Waals surface area (Å²) in [4.78, 5) is 72.2. The largest absolute Gasteiger partial charge is 0.465 e. The van der Waals surface area contributed by atoms with Gasteiger partial charge in [0.2, 0.25) is 5.95 Å². The Morgan fingerprint density at radius 1 is 1.02 bits per heavy atom. The molecule has 0 bridgehead atoms. The summed E-state index contributed by atoms with van der Waals surface area (Å²) < 4.78 is 28.2. The highest BCUT2D eigenvalue weighted by atomic mass is 19.1. The number of ketones is 2. The van der Waals surface area contributed by atoms with Gasteiger partial charge in [0, 0.05) is 67.8 Å². The van der Waals surface area contributed by atoms with E-state index in [1.54, 1.807) is 26.8 Å². The van der Waals surface area contributed by atoms with E-state index in [1.165, 1.54) is 29.2 Å². The van der Waals surface area contributed by atoms with E-state index in [1.807, 2.05) is 52.6 Å². The van der Waals surface area contributed by atoms with E-state index in [0.29, 0.717) is 43.5 Å². The van der Waals surface area contributed by atoms with E-state index in [9.17, 15) is 28.7 Å². The molecule has 56 heavy (non-hydrogen) atoms. The molecule has 2 aliphatic heterocycles. The minimum Gasteiger partial charge on any atom is -0.465 e. The average molecular weight is 787 g/mol. The van der Waals surface area contributed by atoms with Gasteiger partial charge >= 0.3 is 12.1 Å². The molecule has 0 radical (unpaired) electrons. The van der Waals surface area contributed by atoms with Crippen LogP contribution < -0.4 is 0 Å². The number of unbranched alkanes of at least 4 members (excludes halogenated alkanes) is 1. The second-order valence-corrected chi connectivity index (χ2v) is 16.2. The quantitative estimate of drug-likeness (QED) is 0.165. The fourth-order valence-electron chi connectivity index (χ4n) is 8.16. The number of carboxylic acid groups (broad SMARTS) is 1. The maximum Gasteiger partial charge on any atom is 0.407 e. The molecule has 0 aromatic carbocycles. The number of halogens is 1. The third-order valence-electron chi connectivity index (χ3n) is 11.7. The van der Waals surface area contributed by atoms with Crippen molar-refractivity contribution in [3.63, 3.8) is 0 Å². The summed E-state index contributed by atoms with van der Waals surface area (Å²) in [5.41, 5.74) is 1.34. The lowest BCUT2D eigenvalue weighted by molar-refractivity contribution is -0.237. The molecule has 0 saturated carbocycles. The summed E-state index contributed by atoms with van der Waals surface area (Å²) in [6.45, 7) is 15.3. The number of hydrogen-bond donors (Lipinski definition) is 1. The first-order chi connectivity index (χ1) is 26.4. The molecule has 14 nitrogen and oxygen atoms in total. The summed E-state index contributed by atoms with van der Waals surface area (Å²) >= 11 is 0. The molecule has 1 N–H and O–H groups in total. The van der Waals surface area contributed by atoms with Gasteiger partial charge in [-0.3, -0.25) is 9.59 Å². The molecule has 15 heteroatoms. The lowest BCUT2D eigenvalue weighted by Crippen LogP contribution is -2.53. The van der Waals surface area contributed by atoms with E-state index < -0.39 is 60.1 Å². The second kappa shape index (κ2) is 20.1. The van der Waals surface area contributed by atoms with E-state index in [4.69, 9.17) is 14.3 Å². The number of imidazole rings is 1. The zero-order chi connectivity index (χ0) is 41.4. The first-order valence-corrected chi connectivity index (χ1v) is 20.1. The monoisotopic (exact) mass is 786 g/mol. The fraction of sp³-hybridized carbons (Fsp3) is 0.707. The van der Waals surface area contributed by atoms with Crippen LogP contribution in [-0.4, -0.2) is 122 Å². The molecule has 0 aliphatic carbocycles. The number of aryl methyl sites for hydroxylation is 2. The number of amides is 1. The van der Waals surface area contributed by atoms with Crippen molar-refractivity contribution in [3.8, 4) is 11.3 Å². The second-order valence-electron chi connectivity index (χ2n) is 16.2. The lowest BCUT2D eigenvalue weighted by atomic mass is 9.78. The number of hydroxylamine groups is 2. The Kier molecular flexibility index (Phi) is 16.1. The molecule has 1 amide bonds. The zero-order valence-electron chi connectivity index (χ0n) is 34.8. The van der Waals surface area contributed by atoms with Crippen LogP contribution in [0.3, 0.4) is 0 Å². The van der Waals surface area contributed by atoms with Crippen molar-refractivity contribution >= 4 is 23.6 Å². The molecule has 312 valence electrons. The van der Waals surface area contributed by atoms with Gasteiger partial charge in [-0.15, -0.1) is 5.06 Å². The summed E-state index contributed by atoms with van der Waals surface area (Å²) in [6, 6.07) is 2.27. The SMILES string of the molecule is CCN1C[C@H](N(CCCCn2cc(-c3ccc(F)nc3)nc2C)C(=O)O)[C@@H](C)C(=O)[C@H](C)C[C@H](C)[C@H](O[C@H]2C[C@@H](N(C)C)C[C@@H](C)O2)[C@@H](C)C(=O)[C@@H](C)C(=O)O1. The normalized spacial score (nSPS) is 30.2. The van der Waals surface area contributed by atoms with Gasteiger partial charge in [0.15, 0.2) is 12.1 Å². The van der Waals surface area contributed by atoms with E-state index in [2.05, 4.69) is 14.9 Å². The van der Waals surface area contributed by atoms with Crippen molar-refractivity contribution in [2.75, 3.05) is 33.7 Å². The molecule has 0 spiro atoms. The van der Waals surface area contributed by atoms with Crippen LogP contribution in [0.1, 0.15) is 86.4 Å². The van der Waals surface area contributed by atoms with Crippen LogP contribution in [0.4, 0.5) is 9.18 Å². The maximum absolute atomic E-state index is 14.3. The summed E-state index contributed by atoms with van der Waals surface area (Å²) in [5, 5.41) is 11.9. The molecule has 10 atom stereocenters. The standard InChI is InChI=1S/C41H63FN6O8/c1-11-47-23-34(48(41(52)53)17-13-12-16-46-22-33(44-30(46)8)31-14-15-35(42)43-21-31)27(5)37(49)24(2)18-25(3)39(28(6)38(50)29(7)40(51)56-47)55-36-20-32(45(9)10)19-26(4)54-36/h14-15,21-22,24-29,32,34,36,39H,11-13,16-20,23H2,1-10H3,(H,52,53)/t24-,25+,26-,27-,28+,29-,32+,34+,36+,39+/m1/s1. The van der Waals surface area contributed by atoms with Crippen molar-refractivity contribution in [2.24, 2.45) is 29.6 Å². The Labute approximate surface area is 331 Å². The Morgan fingerprint density at radius 2 is 1.73 bits per heavy atom. The summed E-state index contributed by atoms with van der Waals surface area (Å²) in [6.07, 6.45) is 3.75. The molecular formula is C41H63FN6O8. The molecular weight excluding hydrogens is 723 g/mol. The number of likely N-dealkylation sites (N-methyl/N-ethyl adjacent to an activating group) is 1. The minimum atomic E-state index is -1.19. The van der Waals surface area contributed by atoms with Gasteiger partial charge in [0.25, 0.3) is 0 Å². The van der Waals surface area contributed by atoms with Gasteiger partial charge < -0.3 is 33.8 Å². The first-order valence-electron chi connectivity index (χ1n) is 20.1. The Bertz CT molecular complexity index is 1640. The van der Waals surface area contributed by atoms with Crippen LogP contribution in [0.15, 0.2) is 24.5 Å². The number of aromatic nitrogens is 3. The van der Waals surface area contributed by atoms with Crippen LogP contribution in [0, 0.1) is 42.5 Å². The number of ether oxygens (including phenoxy) is 2. The van der Waals surface area contributed by atoms with Crippen molar-refractivity contribution in [1.29, 1.82) is 0 Å². The third-order valence-corrected chi connectivity index (χ3v) is 11.7.